The minimum atomic E-state index is -0.209. The van der Waals surface area contributed by atoms with E-state index in [1.165, 1.54) is 12.1 Å². The number of nitrogens with zero attached hydrogens (tertiary/aromatic N) is 2. The van der Waals surface area contributed by atoms with Crippen LogP contribution in [-0.4, -0.2) is 18.1 Å². The van der Waals surface area contributed by atoms with E-state index in [0.29, 0.717) is 6.54 Å². The second kappa shape index (κ2) is 6.89. The standard InChI is InChI=1S/C16H20FN3/c1-3-20(4-2)16-9-8-15(12-19-16)18-11-13-6-5-7-14(17)10-13/h5-10,12,18H,3-4,11H2,1-2H3. The minimum Gasteiger partial charge on any atom is -0.380 e. The van der Waals surface area contributed by atoms with Gasteiger partial charge in [-0.3, -0.25) is 0 Å². The summed E-state index contributed by atoms with van der Waals surface area (Å²) in [5.41, 5.74) is 1.85. The second-order valence-electron chi connectivity index (χ2n) is 4.56. The fraction of sp³-hybridized carbons (Fsp3) is 0.312. The first-order chi connectivity index (χ1) is 9.72. The summed E-state index contributed by atoms with van der Waals surface area (Å²) < 4.78 is 13.1. The zero-order valence-electron chi connectivity index (χ0n) is 11.9. The minimum absolute atomic E-state index is 0.209. The van der Waals surface area contributed by atoms with Crippen LogP contribution in [0.15, 0.2) is 42.6 Å². The smallest absolute Gasteiger partial charge is 0.128 e. The van der Waals surface area contributed by atoms with Gasteiger partial charge in [-0.2, -0.15) is 0 Å². The Morgan fingerprint density at radius 2 is 1.95 bits per heavy atom. The first-order valence-corrected chi connectivity index (χ1v) is 6.92. The molecule has 0 aliphatic rings. The molecule has 3 nitrogen and oxygen atoms in total. The number of nitrogens with one attached hydrogen (secondary N) is 1. The molecule has 0 saturated carbocycles. The molecule has 0 spiro atoms. The van der Waals surface area contributed by atoms with Crippen LogP contribution in [0.4, 0.5) is 15.9 Å². The molecule has 1 heterocycles. The molecule has 0 radical (unpaired) electrons. The summed E-state index contributed by atoms with van der Waals surface area (Å²) in [4.78, 5) is 6.63. The number of hydrogen-bond donors (Lipinski definition) is 1. The Hall–Kier alpha value is -2.10. The number of anilines is 2. The van der Waals surface area contributed by atoms with Gasteiger partial charge < -0.3 is 10.2 Å². The fourth-order valence-electron chi connectivity index (χ4n) is 2.08. The van der Waals surface area contributed by atoms with E-state index >= 15 is 0 Å². The van der Waals surface area contributed by atoms with Crippen LogP contribution in [0.25, 0.3) is 0 Å². The number of pyridine rings is 1. The van der Waals surface area contributed by atoms with Gasteiger partial charge in [0.1, 0.15) is 11.6 Å². The summed E-state index contributed by atoms with van der Waals surface area (Å²) in [6, 6.07) is 10.6. The Kier molecular flexibility index (Phi) is 4.93. The molecule has 106 valence electrons. The first kappa shape index (κ1) is 14.3. The van der Waals surface area contributed by atoms with Crippen LogP contribution >= 0.6 is 0 Å². The van der Waals surface area contributed by atoms with Crippen molar-refractivity contribution in [2.75, 3.05) is 23.3 Å². The zero-order chi connectivity index (χ0) is 14.4. The van der Waals surface area contributed by atoms with Gasteiger partial charge in [-0.05, 0) is 43.7 Å². The molecule has 0 atom stereocenters. The number of rotatable bonds is 6. The molecule has 0 aliphatic heterocycles. The highest BCUT2D eigenvalue weighted by atomic mass is 19.1. The van der Waals surface area contributed by atoms with Crippen molar-refractivity contribution in [3.8, 4) is 0 Å². The van der Waals surface area contributed by atoms with Crippen molar-refractivity contribution in [2.24, 2.45) is 0 Å². The molecule has 0 saturated heterocycles. The van der Waals surface area contributed by atoms with Gasteiger partial charge in [0.2, 0.25) is 0 Å². The van der Waals surface area contributed by atoms with Crippen LogP contribution in [0.2, 0.25) is 0 Å². The number of aromatic nitrogens is 1. The van der Waals surface area contributed by atoms with E-state index in [-0.39, 0.29) is 5.82 Å². The third-order valence-corrected chi connectivity index (χ3v) is 3.22. The number of halogens is 1. The Bertz CT molecular complexity index is 536. The lowest BCUT2D eigenvalue weighted by Crippen LogP contribution is -2.22. The molecule has 0 unspecified atom stereocenters. The largest absolute Gasteiger partial charge is 0.380 e. The van der Waals surface area contributed by atoms with Crippen LogP contribution in [0, 0.1) is 5.82 Å². The van der Waals surface area contributed by atoms with E-state index in [1.54, 1.807) is 6.07 Å². The quantitative estimate of drug-likeness (QED) is 0.870. The summed E-state index contributed by atoms with van der Waals surface area (Å²) in [6.07, 6.45) is 1.81. The lowest BCUT2D eigenvalue weighted by molar-refractivity contribution is 0.626. The van der Waals surface area contributed by atoms with Crippen LogP contribution in [0.5, 0.6) is 0 Å². The van der Waals surface area contributed by atoms with Crippen molar-refractivity contribution in [2.45, 2.75) is 20.4 Å². The van der Waals surface area contributed by atoms with Gasteiger partial charge in [0.05, 0.1) is 11.9 Å². The Balaban J connectivity index is 1.97. The monoisotopic (exact) mass is 273 g/mol. The highest BCUT2D eigenvalue weighted by Gasteiger charge is 2.03. The van der Waals surface area contributed by atoms with Crippen LogP contribution < -0.4 is 10.2 Å². The third-order valence-electron chi connectivity index (χ3n) is 3.22. The topological polar surface area (TPSA) is 28.2 Å². The maximum atomic E-state index is 13.1. The molecule has 0 fully saturated rings. The van der Waals surface area contributed by atoms with Gasteiger partial charge in [0.25, 0.3) is 0 Å². The predicted octanol–water partition coefficient (Wildman–Crippen LogP) is 3.68. The van der Waals surface area contributed by atoms with E-state index in [0.717, 1.165) is 30.2 Å². The van der Waals surface area contributed by atoms with E-state index in [4.69, 9.17) is 0 Å². The van der Waals surface area contributed by atoms with Crippen LogP contribution in [0.1, 0.15) is 19.4 Å². The highest BCUT2D eigenvalue weighted by molar-refractivity contribution is 5.48. The number of hydrogen-bond acceptors (Lipinski definition) is 3. The lowest BCUT2D eigenvalue weighted by Gasteiger charge is -2.19. The fourth-order valence-corrected chi connectivity index (χ4v) is 2.08. The first-order valence-electron chi connectivity index (χ1n) is 6.92. The normalized spacial score (nSPS) is 10.3. The summed E-state index contributed by atoms with van der Waals surface area (Å²) in [5, 5.41) is 3.24. The summed E-state index contributed by atoms with van der Waals surface area (Å²) >= 11 is 0. The van der Waals surface area contributed by atoms with Gasteiger partial charge in [-0.25, -0.2) is 9.37 Å². The Labute approximate surface area is 119 Å². The van der Waals surface area contributed by atoms with Crippen molar-refractivity contribution in [1.82, 2.24) is 4.98 Å². The van der Waals surface area contributed by atoms with Crippen molar-refractivity contribution in [3.63, 3.8) is 0 Å². The maximum absolute atomic E-state index is 13.1. The van der Waals surface area contributed by atoms with E-state index < -0.39 is 0 Å². The molecule has 2 aromatic rings. The number of benzene rings is 1. The molecule has 1 aromatic heterocycles. The molecule has 0 amide bonds. The molecule has 4 heteroatoms. The molecule has 1 aromatic carbocycles. The Morgan fingerprint density at radius 1 is 1.15 bits per heavy atom. The van der Waals surface area contributed by atoms with E-state index in [9.17, 15) is 4.39 Å². The van der Waals surface area contributed by atoms with Gasteiger partial charge in [0, 0.05) is 19.6 Å². The van der Waals surface area contributed by atoms with Crippen molar-refractivity contribution >= 4 is 11.5 Å². The zero-order valence-corrected chi connectivity index (χ0v) is 11.9. The van der Waals surface area contributed by atoms with Gasteiger partial charge in [0.15, 0.2) is 0 Å². The highest BCUT2D eigenvalue weighted by Crippen LogP contribution is 2.15. The van der Waals surface area contributed by atoms with Crippen molar-refractivity contribution in [3.05, 3.63) is 54.0 Å². The Morgan fingerprint density at radius 3 is 2.55 bits per heavy atom. The third kappa shape index (κ3) is 3.70. The van der Waals surface area contributed by atoms with Crippen LogP contribution in [-0.2, 0) is 6.54 Å². The average Bonchev–Trinajstić information content (AvgIpc) is 2.48. The van der Waals surface area contributed by atoms with Crippen molar-refractivity contribution < 1.29 is 4.39 Å². The molecule has 0 aliphatic carbocycles. The van der Waals surface area contributed by atoms with Gasteiger partial charge in [-0.15, -0.1) is 0 Å². The molecule has 0 bridgehead atoms. The molecule has 1 N–H and O–H groups in total. The summed E-state index contributed by atoms with van der Waals surface area (Å²) in [5.74, 6) is 0.769. The van der Waals surface area contributed by atoms with Crippen LogP contribution in [0.3, 0.4) is 0 Å². The SMILES string of the molecule is CCN(CC)c1ccc(NCc2cccc(F)c2)cn1. The maximum Gasteiger partial charge on any atom is 0.128 e. The predicted molar refractivity (Wildman–Crippen MR) is 81.5 cm³/mol. The van der Waals surface area contributed by atoms with E-state index in [2.05, 4.69) is 29.0 Å². The van der Waals surface area contributed by atoms with Gasteiger partial charge in [-0.1, -0.05) is 12.1 Å². The second-order valence-corrected chi connectivity index (χ2v) is 4.56. The molecular weight excluding hydrogens is 253 g/mol. The molecule has 2 rings (SSSR count). The van der Waals surface area contributed by atoms with Crippen molar-refractivity contribution in [1.29, 1.82) is 0 Å². The summed E-state index contributed by atoms with van der Waals surface area (Å²) in [6.45, 7) is 6.70. The van der Waals surface area contributed by atoms with Gasteiger partial charge >= 0.3 is 0 Å². The lowest BCUT2D eigenvalue weighted by atomic mass is 10.2. The summed E-state index contributed by atoms with van der Waals surface area (Å²) in [7, 11) is 0. The average molecular weight is 273 g/mol. The molecular formula is C16H20FN3. The molecule has 20 heavy (non-hydrogen) atoms. The van der Waals surface area contributed by atoms with E-state index in [1.807, 2.05) is 24.4 Å².